The van der Waals surface area contributed by atoms with Crippen LogP contribution in [-0.4, -0.2) is 46.0 Å². The second kappa shape index (κ2) is 8.80. The minimum absolute atomic E-state index is 0.359. The van der Waals surface area contributed by atoms with Crippen molar-refractivity contribution in [3.8, 4) is 11.6 Å². The van der Waals surface area contributed by atoms with Crippen LogP contribution in [0, 0.1) is 6.92 Å². The molecule has 0 saturated carbocycles. The van der Waals surface area contributed by atoms with Gasteiger partial charge in [-0.25, -0.2) is 9.97 Å². The first kappa shape index (κ1) is 20.2. The normalized spacial score (nSPS) is 14.6. The maximum atomic E-state index is 6.47. The van der Waals surface area contributed by atoms with E-state index < -0.39 is 0 Å². The molecule has 0 unspecified atom stereocenters. The summed E-state index contributed by atoms with van der Waals surface area (Å²) >= 11 is 0. The van der Waals surface area contributed by atoms with E-state index in [1.807, 2.05) is 37.3 Å². The molecule has 3 heterocycles. The van der Waals surface area contributed by atoms with E-state index >= 15 is 0 Å². The molecule has 1 aliphatic rings. The highest BCUT2D eigenvalue weighted by Gasteiger charge is 2.22. The largest absolute Gasteiger partial charge is 0.435 e. The summed E-state index contributed by atoms with van der Waals surface area (Å²) < 4.78 is 6.13. The van der Waals surface area contributed by atoms with Crippen molar-refractivity contribution >= 4 is 22.4 Å². The van der Waals surface area contributed by atoms with Crippen LogP contribution in [0.5, 0.6) is 11.6 Å². The van der Waals surface area contributed by atoms with Crippen LogP contribution in [0.3, 0.4) is 0 Å². The van der Waals surface area contributed by atoms with Crippen molar-refractivity contribution in [3.63, 3.8) is 0 Å². The maximum absolute atomic E-state index is 6.47. The Kier molecular flexibility index (Phi) is 5.56. The minimum Gasteiger partial charge on any atom is -0.435 e. The third-order valence-electron chi connectivity index (χ3n) is 5.78. The molecule has 5 rings (SSSR count). The first-order valence-corrected chi connectivity index (χ1v) is 10.8. The Balaban J connectivity index is 1.32. The lowest BCUT2D eigenvalue weighted by molar-refractivity contribution is 0.249. The fraction of sp³-hybridized carbons (Fsp3) is 0.240. The Morgan fingerprint density at radius 2 is 1.72 bits per heavy atom. The molecule has 0 amide bonds. The molecule has 1 saturated heterocycles. The highest BCUT2D eigenvalue weighted by molar-refractivity contribution is 5.85. The molecule has 1 fully saturated rings. The molecular formula is C25H26N6O. The Hall–Kier alpha value is -3.71. The Bertz CT molecular complexity index is 1220. The van der Waals surface area contributed by atoms with Crippen LogP contribution in [0.4, 0.5) is 11.5 Å². The highest BCUT2D eigenvalue weighted by atomic mass is 16.5. The monoisotopic (exact) mass is 426 g/mol. The molecule has 7 nitrogen and oxygen atoms in total. The van der Waals surface area contributed by atoms with Crippen molar-refractivity contribution in [1.82, 2.24) is 19.9 Å². The van der Waals surface area contributed by atoms with E-state index in [1.54, 1.807) is 0 Å². The molecule has 0 atom stereocenters. The molecule has 0 spiro atoms. The lowest BCUT2D eigenvalue weighted by Gasteiger charge is -2.35. The van der Waals surface area contributed by atoms with E-state index in [4.69, 9.17) is 10.5 Å². The number of hydrogen-bond acceptors (Lipinski definition) is 7. The quantitative estimate of drug-likeness (QED) is 0.516. The predicted molar refractivity (Wildman–Crippen MR) is 127 cm³/mol. The zero-order valence-corrected chi connectivity index (χ0v) is 18.1. The van der Waals surface area contributed by atoms with Crippen LogP contribution < -0.4 is 15.4 Å². The molecule has 0 bridgehead atoms. The number of fused-ring (bicyclic) bond motifs is 1. The smallest absolute Gasteiger partial charge is 0.248 e. The Morgan fingerprint density at radius 3 is 2.53 bits per heavy atom. The molecule has 162 valence electrons. The second-order valence-electron chi connectivity index (χ2n) is 8.05. The van der Waals surface area contributed by atoms with Crippen molar-refractivity contribution in [1.29, 1.82) is 0 Å². The van der Waals surface area contributed by atoms with Gasteiger partial charge in [-0.15, -0.1) is 0 Å². The summed E-state index contributed by atoms with van der Waals surface area (Å²) in [5, 5.41) is 1.01. The van der Waals surface area contributed by atoms with E-state index in [0.29, 0.717) is 17.3 Å². The number of rotatable bonds is 5. The third-order valence-corrected chi connectivity index (χ3v) is 5.78. The van der Waals surface area contributed by atoms with Crippen LogP contribution in [0.15, 0.2) is 67.0 Å². The van der Waals surface area contributed by atoms with Crippen LogP contribution in [0.1, 0.15) is 11.3 Å². The fourth-order valence-electron chi connectivity index (χ4n) is 4.07. The molecule has 0 radical (unpaired) electrons. The van der Waals surface area contributed by atoms with Gasteiger partial charge in [0.15, 0.2) is 11.6 Å². The maximum Gasteiger partial charge on any atom is 0.248 e. The number of benzene rings is 2. The Labute approximate surface area is 187 Å². The molecule has 2 aromatic heterocycles. The lowest BCUT2D eigenvalue weighted by Crippen LogP contribution is -2.46. The lowest BCUT2D eigenvalue weighted by atomic mass is 10.2. The van der Waals surface area contributed by atoms with Crippen molar-refractivity contribution in [2.75, 3.05) is 36.8 Å². The zero-order chi connectivity index (χ0) is 21.9. The van der Waals surface area contributed by atoms with Crippen LogP contribution in [0.2, 0.25) is 0 Å². The van der Waals surface area contributed by atoms with Crippen molar-refractivity contribution < 1.29 is 4.74 Å². The summed E-state index contributed by atoms with van der Waals surface area (Å²) in [7, 11) is 0. The van der Waals surface area contributed by atoms with Gasteiger partial charge in [0, 0.05) is 43.8 Å². The first-order valence-electron chi connectivity index (χ1n) is 10.8. The summed E-state index contributed by atoms with van der Waals surface area (Å²) in [5.74, 6) is 1.71. The van der Waals surface area contributed by atoms with Gasteiger partial charge >= 0.3 is 0 Å². The van der Waals surface area contributed by atoms with Crippen molar-refractivity contribution in [2.24, 2.45) is 0 Å². The number of para-hydroxylation sites is 1. The van der Waals surface area contributed by atoms with Crippen LogP contribution in [0.25, 0.3) is 10.9 Å². The number of nitrogen functional groups attached to an aromatic ring is 1. The van der Waals surface area contributed by atoms with Crippen LogP contribution in [-0.2, 0) is 6.54 Å². The van der Waals surface area contributed by atoms with Gasteiger partial charge in [-0.05, 0) is 24.6 Å². The number of nitrogens with zero attached hydrogens (tertiary/aromatic N) is 5. The summed E-state index contributed by atoms with van der Waals surface area (Å²) in [6.45, 7) is 6.51. The number of piperazine rings is 1. The molecule has 0 aliphatic carbocycles. The number of anilines is 2. The second-order valence-corrected chi connectivity index (χ2v) is 8.05. The SMILES string of the molecule is Cc1ccc2cccc(Oc3ncnc(N4CCN(Cc5ccccc5)CC4)c3N)c2n1. The first-order chi connectivity index (χ1) is 15.7. The van der Waals surface area contributed by atoms with E-state index in [2.05, 4.69) is 55.1 Å². The molecule has 2 aromatic carbocycles. The molecule has 1 aliphatic heterocycles. The molecule has 4 aromatic rings. The van der Waals surface area contributed by atoms with Crippen molar-refractivity contribution in [3.05, 3.63) is 78.2 Å². The zero-order valence-electron chi connectivity index (χ0n) is 18.1. The topological polar surface area (TPSA) is 80.4 Å². The molecule has 32 heavy (non-hydrogen) atoms. The minimum atomic E-state index is 0.359. The summed E-state index contributed by atoms with van der Waals surface area (Å²) in [6.07, 6.45) is 1.52. The van der Waals surface area contributed by atoms with E-state index in [1.165, 1.54) is 11.9 Å². The van der Waals surface area contributed by atoms with Gasteiger partial charge in [0.25, 0.3) is 0 Å². The number of pyridine rings is 1. The van der Waals surface area contributed by atoms with Gasteiger partial charge in [-0.2, -0.15) is 4.98 Å². The molecule has 2 N–H and O–H groups in total. The average molecular weight is 427 g/mol. The Morgan fingerprint density at radius 1 is 0.906 bits per heavy atom. The summed E-state index contributed by atoms with van der Waals surface area (Å²) in [6, 6.07) is 20.4. The van der Waals surface area contributed by atoms with E-state index in [9.17, 15) is 0 Å². The molecular weight excluding hydrogens is 400 g/mol. The highest BCUT2D eigenvalue weighted by Crippen LogP contribution is 2.34. The summed E-state index contributed by atoms with van der Waals surface area (Å²) in [5.41, 5.74) is 9.97. The number of ether oxygens (including phenoxy) is 1. The fourth-order valence-corrected chi connectivity index (χ4v) is 4.07. The average Bonchev–Trinajstić information content (AvgIpc) is 2.82. The van der Waals surface area contributed by atoms with Gasteiger partial charge in [0.2, 0.25) is 5.88 Å². The van der Waals surface area contributed by atoms with Gasteiger partial charge in [0.1, 0.15) is 17.5 Å². The van der Waals surface area contributed by atoms with Crippen molar-refractivity contribution in [2.45, 2.75) is 13.5 Å². The predicted octanol–water partition coefficient (Wildman–Crippen LogP) is 4.03. The van der Waals surface area contributed by atoms with E-state index in [0.717, 1.165) is 55.1 Å². The number of aryl methyl sites for hydroxylation is 1. The van der Waals surface area contributed by atoms with Gasteiger partial charge in [-0.3, -0.25) is 4.90 Å². The standard InChI is InChI=1S/C25H26N6O/c1-18-10-11-20-8-5-9-21(23(20)29-18)32-25-22(26)24(27-17-28-25)31-14-12-30(13-15-31)16-19-6-3-2-4-7-19/h2-11,17H,12-16,26H2,1H3. The number of nitrogens with two attached hydrogens (primary N) is 1. The van der Waals surface area contributed by atoms with E-state index in [-0.39, 0.29) is 0 Å². The van der Waals surface area contributed by atoms with Gasteiger partial charge in [0.05, 0.1) is 0 Å². The van der Waals surface area contributed by atoms with Gasteiger partial charge in [-0.1, -0.05) is 48.5 Å². The number of aromatic nitrogens is 3. The number of hydrogen-bond donors (Lipinski definition) is 1. The van der Waals surface area contributed by atoms with Crippen LogP contribution >= 0.6 is 0 Å². The summed E-state index contributed by atoms with van der Waals surface area (Å²) in [4.78, 5) is 18.1. The van der Waals surface area contributed by atoms with Gasteiger partial charge < -0.3 is 15.4 Å². The molecule has 7 heteroatoms. The third kappa shape index (κ3) is 4.20.